The van der Waals surface area contributed by atoms with E-state index in [0.717, 1.165) is 29.3 Å². The molecule has 4 rings (SSSR count). The molecule has 0 aliphatic heterocycles. The monoisotopic (exact) mass is 389 g/mol. The van der Waals surface area contributed by atoms with Crippen LogP contribution < -0.4 is 0 Å². The van der Waals surface area contributed by atoms with Gasteiger partial charge in [-0.3, -0.25) is 4.79 Å². The first-order chi connectivity index (χ1) is 11.1. The van der Waals surface area contributed by atoms with E-state index >= 15 is 0 Å². The van der Waals surface area contributed by atoms with Crippen molar-refractivity contribution < 1.29 is 9.90 Å². The number of azo groups is 1. The zero-order valence-corrected chi connectivity index (χ0v) is 14.4. The first-order valence-corrected chi connectivity index (χ1v) is 8.80. The number of fused-ring (bicyclic) bond motifs is 2. The smallest absolute Gasteiger partial charge is 0.305 e. The number of rotatable bonds is 2. The highest BCUT2D eigenvalue weighted by atomic mass is 79.9. The largest absolute Gasteiger partial charge is 0.493 e. The number of carbonyl (C=O) groups is 1. The van der Waals surface area contributed by atoms with Crippen LogP contribution in [0.25, 0.3) is 10.9 Å². The summed E-state index contributed by atoms with van der Waals surface area (Å²) < 4.78 is 0.862. The lowest BCUT2D eigenvalue weighted by atomic mass is 10.2. The lowest BCUT2D eigenvalue weighted by molar-refractivity contribution is 0.0999. The summed E-state index contributed by atoms with van der Waals surface area (Å²) in [4.78, 5) is 16.9. The van der Waals surface area contributed by atoms with E-state index in [1.807, 2.05) is 24.3 Å². The van der Waals surface area contributed by atoms with E-state index in [1.165, 1.54) is 21.8 Å². The molecular weight excluding hydrogens is 378 g/mol. The molecule has 0 bridgehead atoms. The van der Waals surface area contributed by atoms with Crippen LogP contribution in [0, 0.1) is 0 Å². The molecule has 2 aromatic heterocycles. The summed E-state index contributed by atoms with van der Waals surface area (Å²) in [6.07, 6.45) is 3.24. The molecule has 7 heteroatoms. The number of carbonyl (C=O) groups excluding carboxylic acids is 1. The summed E-state index contributed by atoms with van der Waals surface area (Å²) in [5.74, 6) is -0.462. The summed E-state index contributed by atoms with van der Waals surface area (Å²) in [6, 6.07) is 7.42. The van der Waals surface area contributed by atoms with E-state index in [4.69, 9.17) is 0 Å². The second-order valence-electron chi connectivity index (χ2n) is 5.43. The number of thiophene rings is 1. The van der Waals surface area contributed by atoms with Crippen LogP contribution in [-0.2, 0) is 12.8 Å². The number of halogens is 1. The Kier molecular flexibility index (Phi) is 3.54. The van der Waals surface area contributed by atoms with Crippen LogP contribution in [0.3, 0.4) is 0 Å². The number of hydrogen-bond donors (Lipinski definition) is 2. The molecule has 3 aromatic rings. The molecule has 1 amide bonds. The SMILES string of the molecule is O=C(N=Nc1c(O)[nH]c2ccc(Br)cc12)c1cc2c(s1)CCC2. The van der Waals surface area contributed by atoms with Crippen LogP contribution in [0.15, 0.2) is 39.0 Å². The first kappa shape index (κ1) is 14.6. The lowest BCUT2D eigenvalue weighted by Gasteiger charge is -1.93. The van der Waals surface area contributed by atoms with Crippen molar-refractivity contribution in [2.45, 2.75) is 19.3 Å². The van der Waals surface area contributed by atoms with Gasteiger partial charge in [0.25, 0.3) is 0 Å². The van der Waals surface area contributed by atoms with Crippen molar-refractivity contribution in [2.24, 2.45) is 10.2 Å². The Morgan fingerprint density at radius 3 is 3.00 bits per heavy atom. The summed E-state index contributed by atoms with van der Waals surface area (Å²) in [7, 11) is 0. The van der Waals surface area contributed by atoms with Crippen molar-refractivity contribution in [1.29, 1.82) is 0 Å². The number of benzene rings is 1. The van der Waals surface area contributed by atoms with Crippen LogP contribution in [0.4, 0.5) is 5.69 Å². The third kappa shape index (κ3) is 2.60. The standard InChI is InChI=1S/C16H12BrN3O2S/c17-9-4-5-11-10(7-9)14(16(22)18-11)19-20-15(21)13-6-8-2-1-3-12(8)23-13/h4-7,18,22H,1-3H2. The van der Waals surface area contributed by atoms with Gasteiger partial charge >= 0.3 is 5.91 Å². The van der Waals surface area contributed by atoms with E-state index in [1.54, 1.807) is 0 Å². The normalized spacial score (nSPS) is 14.0. The van der Waals surface area contributed by atoms with Crippen molar-refractivity contribution in [3.05, 3.63) is 44.1 Å². The van der Waals surface area contributed by atoms with Gasteiger partial charge in [-0.05, 0) is 49.1 Å². The number of aryl methyl sites for hydroxylation is 2. The summed E-state index contributed by atoms with van der Waals surface area (Å²) >= 11 is 4.88. The van der Waals surface area contributed by atoms with Gasteiger partial charge in [-0.2, -0.15) is 0 Å². The molecule has 0 atom stereocenters. The van der Waals surface area contributed by atoms with Crippen LogP contribution in [-0.4, -0.2) is 16.0 Å². The van der Waals surface area contributed by atoms with Gasteiger partial charge in [-0.15, -0.1) is 21.6 Å². The maximum atomic E-state index is 12.2. The number of aromatic amines is 1. The molecule has 1 aromatic carbocycles. The Morgan fingerprint density at radius 2 is 2.17 bits per heavy atom. The maximum absolute atomic E-state index is 12.2. The molecule has 0 saturated carbocycles. The van der Waals surface area contributed by atoms with E-state index in [-0.39, 0.29) is 17.5 Å². The molecule has 2 N–H and O–H groups in total. The van der Waals surface area contributed by atoms with Gasteiger partial charge in [0, 0.05) is 14.7 Å². The zero-order valence-electron chi connectivity index (χ0n) is 12.0. The van der Waals surface area contributed by atoms with E-state index in [2.05, 4.69) is 31.1 Å². The fourth-order valence-electron chi connectivity index (χ4n) is 2.82. The predicted octanol–water partition coefficient (Wildman–Crippen LogP) is 5.11. The number of nitrogens with one attached hydrogen (secondary N) is 1. The fraction of sp³-hybridized carbons (Fsp3) is 0.188. The molecule has 0 radical (unpaired) electrons. The minimum absolute atomic E-state index is 0.0941. The minimum Gasteiger partial charge on any atom is -0.493 e. The highest BCUT2D eigenvalue weighted by molar-refractivity contribution is 9.10. The van der Waals surface area contributed by atoms with Crippen LogP contribution >= 0.6 is 27.3 Å². The molecule has 1 aliphatic carbocycles. The number of aromatic hydroxyl groups is 1. The number of aromatic nitrogens is 1. The number of hydrogen-bond acceptors (Lipinski definition) is 4. The quantitative estimate of drug-likeness (QED) is 0.597. The molecule has 0 spiro atoms. The molecule has 2 heterocycles. The highest BCUT2D eigenvalue weighted by Gasteiger charge is 2.18. The zero-order chi connectivity index (χ0) is 16.0. The van der Waals surface area contributed by atoms with Crippen molar-refractivity contribution in [2.75, 3.05) is 0 Å². The second kappa shape index (κ2) is 5.58. The van der Waals surface area contributed by atoms with E-state index < -0.39 is 0 Å². The van der Waals surface area contributed by atoms with Crippen molar-refractivity contribution in [3.63, 3.8) is 0 Å². The van der Waals surface area contributed by atoms with Crippen LogP contribution in [0.5, 0.6) is 5.88 Å². The van der Waals surface area contributed by atoms with Crippen molar-refractivity contribution >= 4 is 49.8 Å². The highest BCUT2D eigenvalue weighted by Crippen LogP contribution is 2.37. The summed E-state index contributed by atoms with van der Waals surface area (Å²) in [5.41, 5.74) is 2.27. The molecule has 5 nitrogen and oxygen atoms in total. The Morgan fingerprint density at radius 1 is 1.30 bits per heavy atom. The third-order valence-corrected chi connectivity index (χ3v) is 5.63. The summed E-state index contributed by atoms with van der Waals surface area (Å²) in [5, 5.41) is 18.4. The molecule has 116 valence electrons. The van der Waals surface area contributed by atoms with E-state index in [0.29, 0.717) is 10.3 Å². The van der Waals surface area contributed by atoms with E-state index in [9.17, 15) is 9.90 Å². The molecule has 0 saturated heterocycles. The topological polar surface area (TPSA) is 77.8 Å². The number of amides is 1. The molecule has 0 fully saturated rings. The predicted molar refractivity (Wildman–Crippen MR) is 92.9 cm³/mol. The van der Waals surface area contributed by atoms with Gasteiger partial charge in [-0.25, -0.2) is 0 Å². The Bertz CT molecular complexity index is 936. The fourth-order valence-corrected chi connectivity index (χ4v) is 4.31. The summed E-state index contributed by atoms with van der Waals surface area (Å²) in [6.45, 7) is 0. The van der Waals surface area contributed by atoms with Crippen molar-refractivity contribution in [3.8, 4) is 5.88 Å². The minimum atomic E-state index is -0.367. The van der Waals surface area contributed by atoms with Crippen molar-refractivity contribution in [1.82, 2.24) is 4.98 Å². The van der Waals surface area contributed by atoms with Gasteiger partial charge in [-0.1, -0.05) is 15.9 Å². The Labute approximate surface area is 144 Å². The van der Waals surface area contributed by atoms with Gasteiger partial charge in [0.1, 0.15) is 0 Å². The van der Waals surface area contributed by atoms with Gasteiger partial charge in [0.2, 0.25) is 5.88 Å². The average Bonchev–Trinajstić information content (AvgIpc) is 3.17. The third-order valence-electron chi connectivity index (χ3n) is 3.91. The van der Waals surface area contributed by atoms with Gasteiger partial charge < -0.3 is 10.1 Å². The van der Waals surface area contributed by atoms with Crippen LogP contribution in [0.1, 0.15) is 26.5 Å². The lowest BCUT2D eigenvalue weighted by Crippen LogP contribution is -1.89. The number of H-pyrrole nitrogens is 1. The number of nitrogens with zero attached hydrogens (tertiary/aromatic N) is 2. The molecule has 23 heavy (non-hydrogen) atoms. The Hall–Kier alpha value is -1.99. The van der Waals surface area contributed by atoms with Gasteiger partial charge in [0.05, 0.1) is 10.4 Å². The first-order valence-electron chi connectivity index (χ1n) is 7.19. The molecule has 0 unspecified atom stereocenters. The Balaban J connectivity index is 1.66. The molecular formula is C16H12BrN3O2S. The molecule has 1 aliphatic rings. The second-order valence-corrected chi connectivity index (χ2v) is 7.48. The van der Waals surface area contributed by atoms with Gasteiger partial charge in [0.15, 0.2) is 5.69 Å². The van der Waals surface area contributed by atoms with Crippen LogP contribution in [0.2, 0.25) is 0 Å². The maximum Gasteiger partial charge on any atom is 0.305 e. The average molecular weight is 390 g/mol.